The summed E-state index contributed by atoms with van der Waals surface area (Å²) in [6, 6.07) is 0. The summed E-state index contributed by atoms with van der Waals surface area (Å²) in [7, 11) is 0. The van der Waals surface area contributed by atoms with E-state index in [0.29, 0.717) is 11.8 Å². The first kappa shape index (κ1) is 13.8. The zero-order chi connectivity index (χ0) is 12.7. The number of allylic oxidation sites excluding steroid dienone is 5. The van der Waals surface area contributed by atoms with Crippen molar-refractivity contribution in [1.29, 1.82) is 0 Å². The molecule has 0 spiro atoms. The first-order chi connectivity index (χ1) is 8.15. The van der Waals surface area contributed by atoms with Crippen LogP contribution >= 0.6 is 0 Å². The maximum atomic E-state index is 5.30. The van der Waals surface area contributed by atoms with Crippen LogP contribution in [0.2, 0.25) is 0 Å². The van der Waals surface area contributed by atoms with Crippen molar-refractivity contribution in [3.8, 4) is 0 Å². The van der Waals surface area contributed by atoms with Crippen LogP contribution in [0.1, 0.15) is 40.0 Å². The third-order valence-electron chi connectivity index (χ3n) is 3.35. The van der Waals surface area contributed by atoms with E-state index >= 15 is 0 Å². The van der Waals surface area contributed by atoms with E-state index in [4.69, 9.17) is 5.73 Å². The van der Waals surface area contributed by atoms with Gasteiger partial charge in [0.05, 0.1) is 0 Å². The summed E-state index contributed by atoms with van der Waals surface area (Å²) >= 11 is 0. The fraction of sp³-hybridized carbons (Fsp3) is 0.533. The average Bonchev–Trinajstić information content (AvgIpc) is 2.31. The quantitative estimate of drug-likeness (QED) is 0.719. The van der Waals surface area contributed by atoms with E-state index in [1.807, 2.05) is 0 Å². The highest BCUT2D eigenvalue weighted by Gasteiger charge is 2.13. The summed E-state index contributed by atoms with van der Waals surface area (Å²) in [5.41, 5.74) is 7.91. The van der Waals surface area contributed by atoms with E-state index in [1.165, 1.54) is 17.5 Å². The zero-order valence-corrected chi connectivity index (χ0v) is 11.2. The van der Waals surface area contributed by atoms with E-state index in [2.05, 4.69) is 37.9 Å². The Balaban J connectivity index is 2.78. The van der Waals surface area contributed by atoms with Crippen LogP contribution in [0.4, 0.5) is 0 Å². The van der Waals surface area contributed by atoms with Crippen LogP contribution in [-0.2, 0) is 0 Å². The fourth-order valence-electron chi connectivity index (χ4n) is 1.80. The van der Waals surface area contributed by atoms with E-state index in [0.717, 1.165) is 19.3 Å². The average molecular weight is 232 g/mol. The molecule has 0 aromatic rings. The highest BCUT2D eigenvalue weighted by Crippen LogP contribution is 2.27. The molecule has 1 aliphatic rings. The summed E-state index contributed by atoms with van der Waals surface area (Å²) in [5.74, 6) is 1.41. The van der Waals surface area contributed by atoms with Crippen molar-refractivity contribution in [3.05, 3.63) is 35.7 Å². The number of hydrogen-bond donors (Lipinski definition) is 1. The molecule has 0 unspecified atom stereocenters. The molecule has 94 valence electrons. The van der Waals surface area contributed by atoms with E-state index < -0.39 is 0 Å². The molecule has 0 aliphatic heterocycles. The van der Waals surface area contributed by atoms with Crippen LogP contribution in [-0.4, -0.2) is 6.21 Å². The molecular weight excluding hydrogens is 208 g/mol. The van der Waals surface area contributed by atoms with Gasteiger partial charge in [0.1, 0.15) is 0 Å². The maximum absolute atomic E-state index is 5.30. The van der Waals surface area contributed by atoms with Crippen LogP contribution in [0.3, 0.4) is 0 Å². The Bertz CT molecular complexity index is 346. The molecule has 2 heteroatoms. The Morgan fingerprint density at radius 2 is 2.18 bits per heavy atom. The number of hydrogen-bond acceptors (Lipinski definition) is 2. The molecule has 0 heterocycles. The van der Waals surface area contributed by atoms with Crippen LogP contribution in [0.15, 0.2) is 40.7 Å². The second kappa shape index (κ2) is 7.10. The Kier molecular flexibility index (Phi) is 5.75. The zero-order valence-electron chi connectivity index (χ0n) is 11.2. The van der Waals surface area contributed by atoms with Crippen LogP contribution < -0.4 is 5.73 Å². The largest absolute Gasteiger partial charge is 0.405 e. The lowest BCUT2D eigenvalue weighted by molar-refractivity contribution is 0.417. The number of rotatable bonds is 5. The molecule has 0 fully saturated rings. The number of aliphatic imine (C=N–C) groups is 1. The summed E-state index contributed by atoms with van der Waals surface area (Å²) in [5, 5.41) is 0. The lowest BCUT2D eigenvalue weighted by atomic mass is 9.88. The van der Waals surface area contributed by atoms with Gasteiger partial charge in [0.25, 0.3) is 0 Å². The van der Waals surface area contributed by atoms with Crippen molar-refractivity contribution in [2.45, 2.75) is 40.0 Å². The van der Waals surface area contributed by atoms with Gasteiger partial charge in [-0.15, -0.1) is 0 Å². The second-order valence-corrected chi connectivity index (χ2v) is 5.00. The maximum Gasteiger partial charge on any atom is 0.0438 e. The van der Waals surface area contributed by atoms with Crippen molar-refractivity contribution in [3.63, 3.8) is 0 Å². The molecule has 0 radical (unpaired) electrons. The summed E-state index contributed by atoms with van der Waals surface area (Å²) in [4.78, 5) is 4.50. The predicted molar refractivity (Wildman–Crippen MR) is 75.8 cm³/mol. The lowest BCUT2D eigenvalue weighted by Crippen LogP contribution is -2.06. The van der Waals surface area contributed by atoms with Gasteiger partial charge in [0.2, 0.25) is 0 Å². The van der Waals surface area contributed by atoms with Crippen molar-refractivity contribution in [2.75, 3.05) is 0 Å². The van der Waals surface area contributed by atoms with Gasteiger partial charge in [0.15, 0.2) is 0 Å². The van der Waals surface area contributed by atoms with E-state index in [-0.39, 0.29) is 0 Å². The highest BCUT2D eigenvalue weighted by atomic mass is 14.7. The van der Waals surface area contributed by atoms with Gasteiger partial charge < -0.3 is 5.73 Å². The van der Waals surface area contributed by atoms with Gasteiger partial charge in [-0.1, -0.05) is 32.9 Å². The topological polar surface area (TPSA) is 38.4 Å². The molecule has 17 heavy (non-hydrogen) atoms. The van der Waals surface area contributed by atoms with Crippen LogP contribution in [0, 0.1) is 11.8 Å². The Morgan fingerprint density at radius 3 is 2.82 bits per heavy atom. The monoisotopic (exact) mass is 232 g/mol. The third-order valence-corrected chi connectivity index (χ3v) is 3.35. The van der Waals surface area contributed by atoms with Gasteiger partial charge in [-0.25, -0.2) is 0 Å². The molecule has 0 bridgehead atoms. The van der Waals surface area contributed by atoms with Gasteiger partial charge >= 0.3 is 0 Å². The molecule has 0 aromatic heterocycles. The molecule has 1 aliphatic carbocycles. The van der Waals surface area contributed by atoms with Gasteiger partial charge in [0, 0.05) is 11.9 Å². The smallest absolute Gasteiger partial charge is 0.0438 e. The minimum atomic E-state index is 0.697. The highest BCUT2D eigenvalue weighted by molar-refractivity contribution is 5.72. The summed E-state index contributed by atoms with van der Waals surface area (Å²) in [6.07, 6.45) is 12.8. The Morgan fingerprint density at radius 1 is 1.41 bits per heavy atom. The SMILES string of the molecule is CC(C)[C@H](C)CC1=C(N=C/C=C\N)CCC=C1. The van der Waals surface area contributed by atoms with Gasteiger partial charge in [-0.05, 0) is 48.9 Å². The lowest BCUT2D eigenvalue weighted by Gasteiger charge is -2.19. The molecular formula is C15H24N2. The number of nitrogens with two attached hydrogens (primary N) is 1. The van der Waals surface area contributed by atoms with E-state index in [9.17, 15) is 0 Å². The standard InChI is InChI=1S/C15H24N2/c1-12(2)13(3)11-14-7-4-5-8-15(14)17-10-6-9-16/h4,6-7,9-10,12-13H,5,8,11,16H2,1-3H3/b9-6-,17-10?/t13-/m1/s1. The van der Waals surface area contributed by atoms with Crippen LogP contribution in [0.25, 0.3) is 0 Å². The molecule has 2 N–H and O–H groups in total. The van der Waals surface area contributed by atoms with Crippen molar-refractivity contribution >= 4 is 6.21 Å². The molecule has 0 aromatic carbocycles. The predicted octanol–water partition coefficient (Wildman–Crippen LogP) is 3.82. The van der Waals surface area contributed by atoms with Crippen LogP contribution in [0.5, 0.6) is 0 Å². The van der Waals surface area contributed by atoms with Gasteiger partial charge in [-0.2, -0.15) is 0 Å². The first-order valence-electron chi connectivity index (χ1n) is 6.44. The third kappa shape index (κ3) is 4.59. The molecule has 0 saturated carbocycles. The normalized spacial score (nSPS) is 18.8. The molecule has 1 atom stereocenters. The molecule has 0 saturated heterocycles. The summed E-state index contributed by atoms with van der Waals surface area (Å²) < 4.78 is 0. The van der Waals surface area contributed by atoms with Crippen molar-refractivity contribution in [1.82, 2.24) is 0 Å². The van der Waals surface area contributed by atoms with Gasteiger partial charge in [-0.3, -0.25) is 4.99 Å². The second-order valence-electron chi connectivity index (χ2n) is 5.00. The number of nitrogens with zero attached hydrogens (tertiary/aromatic N) is 1. The minimum absolute atomic E-state index is 0.697. The molecule has 1 rings (SSSR count). The van der Waals surface area contributed by atoms with E-state index in [1.54, 1.807) is 12.3 Å². The minimum Gasteiger partial charge on any atom is -0.405 e. The Hall–Kier alpha value is -1.31. The first-order valence-corrected chi connectivity index (χ1v) is 6.44. The van der Waals surface area contributed by atoms with Crippen molar-refractivity contribution in [2.24, 2.45) is 22.6 Å². The summed E-state index contributed by atoms with van der Waals surface area (Å²) in [6.45, 7) is 6.86. The fourth-order valence-corrected chi connectivity index (χ4v) is 1.80. The van der Waals surface area contributed by atoms with Crippen molar-refractivity contribution < 1.29 is 0 Å². The molecule has 2 nitrogen and oxygen atoms in total. The Labute approximate surface area is 105 Å². The molecule has 0 amide bonds.